The Morgan fingerprint density at radius 3 is 2.35 bits per heavy atom. The van der Waals surface area contributed by atoms with E-state index in [0.717, 1.165) is 6.42 Å². The van der Waals surface area contributed by atoms with E-state index in [-0.39, 0.29) is 25.1 Å². The first kappa shape index (κ1) is 14.4. The number of nitrogens with one attached hydrogen (secondary N) is 1. The van der Waals surface area contributed by atoms with Crippen molar-refractivity contribution in [1.29, 1.82) is 0 Å². The topological polar surface area (TPSA) is 93.0 Å². The van der Waals surface area contributed by atoms with E-state index in [4.69, 9.17) is 0 Å². The molecule has 17 heavy (non-hydrogen) atoms. The van der Waals surface area contributed by atoms with Crippen LogP contribution < -0.4 is 5.32 Å². The van der Waals surface area contributed by atoms with Crippen molar-refractivity contribution in [2.75, 3.05) is 19.7 Å². The number of likely N-dealkylation sites (tertiary alicyclic amines) is 1. The standard InChI is InChI=1S/C11H22N2O4/c1-3-4-13-8(5-12-7(2)15)10(16)11(17)9(13)6-14/h8-11,14,16-17H,3-6H2,1-2H3,(H,12,15). The average molecular weight is 246 g/mol. The molecule has 1 rings (SSSR count). The van der Waals surface area contributed by atoms with Gasteiger partial charge in [-0.25, -0.2) is 0 Å². The zero-order valence-electron chi connectivity index (χ0n) is 10.3. The highest BCUT2D eigenvalue weighted by Gasteiger charge is 2.46. The lowest BCUT2D eigenvalue weighted by atomic mass is 10.1. The van der Waals surface area contributed by atoms with Crippen LogP contribution in [-0.4, -0.2) is 70.1 Å². The fraction of sp³-hybridized carbons (Fsp3) is 0.909. The van der Waals surface area contributed by atoms with E-state index in [0.29, 0.717) is 6.54 Å². The highest BCUT2D eigenvalue weighted by atomic mass is 16.3. The molecule has 1 fully saturated rings. The fourth-order valence-electron chi connectivity index (χ4n) is 2.38. The predicted molar refractivity (Wildman–Crippen MR) is 62.4 cm³/mol. The molecule has 0 bridgehead atoms. The minimum atomic E-state index is -0.967. The number of aliphatic hydroxyl groups is 3. The molecule has 4 atom stereocenters. The number of hydrogen-bond acceptors (Lipinski definition) is 5. The van der Waals surface area contributed by atoms with E-state index in [1.54, 1.807) is 0 Å². The number of hydrogen-bond donors (Lipinski definition) is 4. The highest BCUT2D eigenvalue weighted by molar-refractivity contribution is 5.72. The van der Waals surface area contributed by atoms with Gasteiger partial charge in [0.1, 0.15) is 0 Å². The first-order chi connectivity index (χ1) is 8.02. The predicted octanol–water partition coefficient (Wildman–Crippen LogP) is -1.70. The van der Waals surface area contributed by atoms with Crippen molar-refractivity contribution < 1.29 is 20.1 Å². The average Bonchev–Trinajstić information content (AvgIpc) is 2.50. The maximum Gasteiger partial charge on any atom is 0.216 e. The van der Waals surface area contributed by atoms with Gasteiger partial charge >= 0.3 is 0 Å². The van der Waals surface area contributed by atoms with Crippen LogP contribution in [0.1, 0.15) is 20.3 Å². The van der Waals surface area contributed by atoms with Gasteiger partial charge in [-0.3, -0.25) is 9.69 Å². The van der Waals surface area contributed by atoms with E-state index in [9.17, 15) is 20.1 Å². The van der Waals surface area contributed by atoms with Gasteiger partial charge in [-0.05, 0) is 13.0 Å². The van der Waals surface area contributed by atoms with Crippen molar-refractivity contribution in [1.82, 2.24) is 10.2 Å². The molecule has 4 unspecified atom stereocenters. The summed E-state index contributed by atoms with van der Waals surface area (Å²) >= 11 is 0. The second-order valence-electron chi connectivity index (χ2n) is 4.47. The van der Waals surface area contributed by atoms with Gasteiger partial charge in [0, 0.05) is 13.5 Å². The minimum Gasteiger partial charge on any atom is -0.395 e. The molecule has 0 aliphatic carbocycles. The number of carbonyl (C=O) groups excluding carboxylic acids is 1. The van der Waals surface area contributed by atoms with Crippen molar-refractivity contribution in [3.63, 3.8) is 0 Å². The van der Waals surface area contributed by atoms with E-state index in [2.05, 4.69) is 5.32 Å². The molecule has 0 aromatic carbocycles. The third-order valence-corrected chi connectivity index (χ3v) is 3.22. The van der Waals surface area contributed by atoms with Crippen LogP contribution in [0.15, 0.2) is 0 Å². The van der Waals surface area contributed by atoms with Crippen LogP contribution in [0.4, 0.5) is 0 Å². The summed E-state index contributed by atoms with van der Waals surface area (Å²) < 4.78 is 0. The Balaban J connectivity index is 2.72. The lowest BCUT2D eigenvalue weighted by Gasteiger charge is -2.29. The molecule has 4 N–H and O–H groups in total. The lowest BCUT2D eigenvalue weighted by Crippen LogP contribution is -2.47. The van der Waals surface area contributed by atoms with Crippen LogP contribution >= 0.6 is 0 Å². The second kappa shape index (κ2) is 6.30. The number of amides is 1. The number of carbonyl (C=O) groups is 1. The lowest BCUT2D eigenvalue weighted by molar-refractivity contribution is -0.119. The molecule has 1 amide bonds. The van der Waals surface area contributed by atoms with Crippen molar-refractivity contribution >= 4 is 5.91 Å². The van der Waals surface area contributed by atoms with Crippen LogP contribution in [-0.2, 0) is 4.79 Å². The Bertz CT molecular complexity index is 262. The zero-order valence-corrected chi connectivity index (χ0v) is 10.3. The van der Waals surface area contributed by atoms with Gasteiger partial charge in [0.15, 0.2) is 0 Å². The largest absolute Gasteiger partial charge is 0.395 e. The number of aliphatic hydroxyl groups excluding tert-OH is 3. The quantitative estimate of drug-likeness (QED) is 0.464. The van der Waals surface area contributed by atoms with E-state index in [1.165, 1.54) is 6.92 Å². The summed E-state index contributed by atoms with van der Waals surface area (Å²) in [6, 6.07) is -0.797. The molecule has 0 spiro atoms. The summed E-state index contributed by atoms with van der Waals surface area (Å²) in [5.41, 5.74) is 0. The number of rotatable bonds is 5. The second-order valence-corrected chi connectivity index (χ2v) is 4.47. The molecular weight excluding hydrogens is 224 g/mol. The molecule has 1 aliphatic heterocycles. The van der Waals surface area contributed by atoms with Gasteiger partial charge in [0.2, 0.25) is 5.91 Å². The van der Waals surface area contributed by atoms with Gasteiger partial charge < -0.3 is 20.6 Å². The van der Waals surface area contributed by atoms with Crippen LogP contribution in [0.5, 0.6) is 0 Å². The van der Waals surface area contributed by atoms with Gasteiger partial charge in [-0.1, -0.05) is 6.92 Å². The molecule has 1 heterocycles. The molecular formula is C11H22N2O4. The monoisotopic (exact) mass is 246 g/mol. The summed E-state index contributed by atoms with van der Waals surface area (Å²) in [7, 11) is 0. The van der Waals surface area contributed by atoms with Crippen molar-refractivity contribution in [3.8, 4) is 0 Å². The zero-order chi connectivity index (χ0) is 13.0. The summed E-state index contributed by atoms with van der Waals surface area (Å²) in [6.07, 6.45) is -1.05. The van der Waals surface area contributed by atoms with Crippen molar-refractivity contribution in [3.05, 3.63) is 0 Å². The first-order valence-corrected chi connectivity index (χ1v) is 6.00. The Kier molecular flexibility index (Phi) is 5.32. The van der Waals surface area contributed by atoms with Gasteiger partial charge in [0.25, 0.3) is 0 Å². The third kappa shape index (κ3) is 3.16. The maximum absolute atomic E-state index is 10.9. The van der Waals surface area contributed by atoms with E-state index in [1.807, 2.05) is 11.8 Å². The minimum absolute atomic E-state index is 0.171. The Morgan fingerprint density at radius 2 is 1.88 bits per heavy atom. The van der Waals surface area contributed by atoms with Gasteiger partial charge in [0.05, 0.1) is 30.9 Å². The molecule has 0 aromatic heterocycles. The maximum atomic E-state index is 10.9. The molecule has 100 valence electrons. The molecule has 0 aromatic rings. The van der Waals surface area contributed by atoms with Crippen LogP contribution in [0.3, 0.4) is 0 Å². The highest BCUT2D eigenvalue weighted by Crippen LogP contribution is 2.25. The van der Waals surface area contributed by atoms with Crippen LogP contribution in [0, 0.1) is 0 Å². The van der Waals surface area contributed by atoms with Crippen molar-refractivity contribution in [2.45, 2.75) is 44.6 Å². The summed E-state index contributed by atoms with van der Waals surface area (Å²) in [6.45, 7) is 4.15. The molecule has 0 saturated carbocycles. The normalized spacial score (nSPS) is 33.9. The summed E-state index contributed by atoms with van der Waals surface area (Å²) in [5, 5.41) is 31.6. The summed E-state index contributed by atoms with van der Waals surface area (Å²) in [4.78, 5) is 12.7. The fourth-order valence-corrected chi connectivity index (χ4v) is 2.38. The molecule has 6 heteroatoms. The Hall–Kier alpha value is -0.690. The van der Waals surface area contributed by atoms with E-state index >= 15 is 0 Å². The Morgan fingerprint density at radius 1 is 1.29 bits per heavy atom. The number of nitrogens with zero attached hydrogens (tertiary/aromatic N) is 1. The SMILES string of the molecule is CCCN1C(CO)C(O)C(O)C1CNC(C)=O. The van der Waals surface area contributed by atoms with Gasteiger partial charge in [-0.15, -0.1) is 0 Å². The molecule has 1 saturated heterocycles. The Labute approximate surface area is 101 Å². The summed E-state index contributed by atoms with van der Waals surface area (Å²) in [5.74, 6) is -0.171. The van der Waals surface area contributed by atoms with Gasteiger partial charge in [-0.2, -0.15) is 0 Å². The third-order valence-electron chi connectivity index (χ3n) is 3.22. The van der Waals surface area contributed by atoms with E-state index < -0.39 is 18.2 Å². The molecule has 1 aliphatic rings. The van der Waals surface area contributed by atoms with Crippen LogP contribution in [0.25, 0.3) is 0 Å². The molecule has 0 radical (unpaired) electrons. The van der Waals surface area contributed by atoms with Crippen molar-refractivity contribution in [2.24, 2.45) is 0 Å². The van der Waals surface area contributed by atoms with Crippen LogP contribution in [0.2, 0.25) is 0 Å². The first-order valence-electron chi connectivity index (χ1n) is 6.00. The smallest absolute Gasteiger partial charge is 0.216 e. The molecule has 6 nitrogen and oxygen atoms in total.